The lowest BCUT2D eigenvalue weighted by atomic mass is 10.1. The summed E-state index contributed by atoms with van der Waals surface area (Å²) >= 11 is 0. The highest BCUT2D eigenvalue weighted by Crippen LogP contribution is 2.20. The van der Waals surface area contributed by atoms with Crippen LogP contribution in [0.2, 0.25) is 0 Å². The van der Waals surface area contributed by atoms with Gasteiger partial charge in [-0.3, -0.25) is 4.79 Å². The third-order valence-corrected chi connectivity index (χ3v) is 5.08. The van der Waals surface area contributed by atoms with Crippen LogP contribution in [-0.4, -0.2) is 27.1 Å². The molecule has 0 aliphatic heterocycles. The third kappa shape index (κ3) is 3.95. The van der Waals surface area contributed by atoms with Gasteiger partial charge in [0.25, 0.3) is 0 Å². The molecule has 136 valence electrons. The number of amides is 1. The number of aromatic amines is 1. The maximum atomic E-state index is 12.0. The second kappa shape index (κ2) is 7.72. The Balaban J connectivity index is 1.27. The van der Waals surface area contributed by atoms with Crippen molar-refractivity contribution < 1.29 is 9.21 Å². The molecule has 6 nitrogen and oxygen atoms in total. The van der Waals surface area contributed by atoms with Crippen LogP contribution < -0.4 is 5.32 Å². The number of hydrogen-bond acceptors (Lipinski definition) is 4. The first kappa shape index (κ1) is 16.8. The van der Waals surface area contributed by atoms with Gasteiger partial charge in [-0.1, -0.05) is 31.0 Å². The van der Waals surface area contributed by atoms with Crippen molar-refractivity contribution in [1.82, 2.24) is 20.5 Å². The van der Waals surface area contributed by atoms with Gasteiger partial charge in [-0.05, 0) is 30.9 Å². The molecule has 1 aliphatic carbocycles. The van der Waals surface area contributed by atoms with E-state index in [1.165, 1.54) is 23.8 Å². The lowest BCUT2D eigenvalue weighted by Gasteiger charge is -2.10. The SMILES string of the molecule is O=C(CCc1nnc(CCc2c[nH]c3ccccc23)o1)NC1CCCC1. The average molecular weight is 352 g/mol. The Bertz CT molecular complexity index is 877. The Kier molecular flexibility index (Phi) is 5.00. The zero-order chi connectivity index (χ0) is 17.8. The number of benzene rings is 1. The second-order valence-corrected chi connectivity index (χ2v) is 7.00. The molecule has 0 unspecified atom stereocenters. The highest BCUT2D eigenvalue weighted by atomic mass is 16.4. The highest BCUT2D eigenvalue weighted by Gasteiger charge is 2.17. The van der Waals surface area contributed by atoms with E-state index in [1.807, 2.05) is 18.3 Å². The van der Waals surface area contributed by atoms with E-state index < -0.39 is 0 Å². The molecule has 1 aliphatic rings. The van der Waals surface area contributed by atoms with Gasteiger partial charge >= 0.3 is 0 Å². The summed E-state index contributed by atoms with van der Waals surface area (Å²) in [6.07, 6.45) is 9.11. The number of nitrogens with zero attached hydrogens (tertiary/aromatic N) is 2. The Morgan fingerprint density at radius 2 is 1.88 bits per heavy atom. The van der Waals surface area contributed by atoms with Crippen molar-refractivity contribution in [3.63, 3.8) is 0 Å². The van der Waals surface area contributed by atoms with Gasteiger partial charge in [0, 0.05) is 42.4 Å². The van der Waals surface area contributed by atoms with Gasteiger partial charge < -0.3 is 14.7 Å². The minimum absolute atomic E-state index is 0.0791. The molecular formula is C20H24N4O2. The normalized spacial score (nSPS) is 14.9. The van der Waals surface area contributed by atoms with Gasteiger partial charge in [0.2, 0.25) is 17.7 Å². The fraction of sp³-hybridized carbons (Fsp3) is 0.450. The number of hydrogen-bond donors (Lipinski definition) is 2. The topological polar surface area (TPSA) is 83.8 Å². The molecule has 4 rings (SSSR count). The molecule has 6 heteroatoms. The van der Waals surface area contributed by atoms with Gasteiger partial charge in [0.1, 0.15) is 0 Å². The summed E-state index contributed by atoms with van der Waals surface area (Å²) in [5.74, 6) is 1.25. The van der Waals surface area contributed by atoms with Crippen molar-refractivity contribution in [2.45, 2.75) is 57.4 Å². The first-order chi connectivity index (χ1) is 12.8. The summed E-state index contributed by atoms with van der Waals surface area (Å²) in [6, 6.07) is 8.61. The zero-order valence-corrected chi connectivity index (χ0v) is 14.8. The van der Waals surface area contributed by atoms with E-state index in [0.29, 0.717) is 37.1 Å². The molecule has 2 aromatic heterocycles. The molecule has 26 heavy (non-hydrogen) atoms. The third-order valence-electron chi connectivity index (χ3n) is 5.08. The van der Waals surface area contributed by atoms with Crippen molar-refractivity contribution in [2.24, 2.45) is 0 Å². The lowest BCUT2D eigenvalue weighted by molar-refractivity contribution is -0.121. The van der Waals surface area contributed by atoms with Crippen molar-refractivity contribution in [1.29, 1.82) is 0 Å². The van der Waals surface area contributed by atoms with E-state index in [-0.39, 0.29) is 5.91 Å². The largest absolute Gasteiger partial charge is 0.425 e. The monoisotopic (exact) mass is 352 g/mol. The van der Waals surface area contributed by atoms with E-state index in [1.54, 1.807) is 0 Å². The Morgan fingerprint density at radius 1 is 1.12 bits per heavy atom. The molecule has 3 aromatic rings. The summed E-state index contributed by atoms with van der Waals surface area (Å²) in [5.41, 5.74) is 2.39. The van der Waals surface area contributed by atoms with Crippen LogP contribution in [-0.2, 0) is 24.1 Å². The van der Waals surface area contributed by atoms with Crippen molar-refractivity contribution in [3.8, 4) is 0 Å². The molecule has 2 heterocycles. The molecule has 1 aromatic carbocycles. The first-order valence-corrected chi connectivity index (χ1v) is 9.43. The van der Waals surface area contributed by atoms with Crippen molar-refractivity contribution in [3.05, 3.63) is 47.8 Å². The number of fused-ring (bicyclic) bond motifs is 1. The Hall–Kier alpha value is -2.63. The summed E-state index contributed by atoms with van der Waals surface area (Å²) in [4.78, 5) is 15.3. The molecule has 0 saturated heterocycles. The number of carbonyl (C=O) groups is 1. The number of carbonyl (C=O) groups excluding carboxylic acids is 1. The molecule has 1 amide bonds. The minimum atomic E-state index is 0.0791. The van der Waals surface area contributed by atoms with Crippen LogP contribution >= 0.6 is 0 Å². The highest BCUT2D eigenvalue weighted by molar-refractivity contribution is 5.83. The van der Waals surface area contributed by atoms with Crippen molar-refractivity contribution in [2.75, 3.05) is 0 Å². The fourth-order valence-corrected chi connectivity index (χ4v) is 3.66. The van der Waals surface area contributed by atoms with Crippen LogP contribution in [0.1, 0.15) is 49.4 Å². The summed E-state index contributed by atoms with van der Waals surface area (Å²) < 4.78 is 5.70. The Morgan fingerprint density at radius 3 is 2.73 bits per heavy atom. The molecule has 0 atom stereocenters. The summed E-state index contributed by atoms with van der Waals surface area (Å²) in [5, 5.41) is 12.5. The van der Waals surface area contributed by atoms with Crippen LogP contribution in [0, 0.1) is 0 Å². The van der Waals surface area contributed by atoms with Gasteiger partial charge in [-0.2, -0.15) is 0 Å². The van der Waals surface area contributed by atoms with Crippen LogP contribution in [0.3, 0.4) is 0 Å². The maximum Gasteiger partial charge on any atom is 0.220 e. The van der Waals surface area contributed by atoms with E-state index in [0.717, 1.165) is 24.8 Å². The van der Waals surface area contributed by atoms with Gasteiger partial charge in [-0.15, -0.1) is 10.2 Å². The molecule has 1 saturated carbocycles. The van der Waals surface area contributed by atoms with Crippen LogP contribution in [0.15, 0.2) is 34.9 Å². The minimum Gasteiger partial charge on any atom is -0.425 e. The molecule has 1 fully saturated rings. The average Bonchev–Trinajstić information content (AvgIpc) is 3.39. The number of aromatic nitrogens is 3. The lowest BCUT2D eigenvalue weighted by Crippen LogP contribution is -2.32. The smallest absolute Gasteiger partial charge is 0.220 e. The molecular weight excluding hydrogens is 328 g/mol. The van der Waals surface area contributed by atoms with Crippen molar-refractivity contribution >= 4 is 16.8 Å². The molecule has 0 bridgehead atoms. The van der Waals surface area contributed by atoms with Gasteiger partial charge in [-0.25, -0.2) is 0 Å². The van der Waals surface area contributed by atoms with Crippen LogP contribution in [0.5, 0.6) is 0 Å². The molecule has 0 radical (unpaired) electrons. The number of rotatable bonds is 7. The predicted octanol–water partition coefficient (Wildman–Crippen LogP) is 3.33. The van der Waals surface area contributed by atoms with E-state index >= 15 is 0 Å². The molecule has 0 spiro atoms. The zero-order valence-electron chi connectivity index (χ0n) is 14.8. The summed E-state index contributed by atoms with van der Waals surface area (Å²) in [7, 11) is 0. The predicted molar refractivity (Wildman–Crippen MR) is 98.7 cm³/mol. The quantitative estimate of drug-likeness (QED) is 0.683. The number of H-pyrrole nitrogens is 1. The van der Waals surface area contributed by atoms with E-state index in [9.17, 15) is 4.79 Å². The standard InChI is InChI=1S/C20H24N4O2/c25-18(22-15-5-1-2-6-15)10-12-20-24-23-19(26-20)11-9-14-13-21-17-8-4-3-7-16(14)17/h3-4,7-8,13,15,21H,1-2,5-6,9-12H2,(H,22,25). The maximum absolute atomic E-state index is 12.0. The van der Waals surface area contributed by atoms with Crippen LogP contribution in [0.25, 0.3) is 10.9 Å². The van der Waals surface area contributed by atoms with E-state index in [4.69, 9.17) is 4.42 Å². The molecule has 2 N–H and O–H groups in total. The number of para-hydroxylation sites is 1. The van der Waals surface area contributed by atoms with E-state index in [2.05, 4.69) is 32.6 Å². The van der Waals surface area contributed by atoms with Gasteiger partial charge in [0.05, 0.1) is 0 Å². The first-order valence-electron chi connectivity index (χ1n) is 9.43. The van der Waals surface area contributed by atoms with Gasteiger partial charge in [0.15, 0.2) is 0 Å². The summed E-state index contributed by atoms with van der Waals surface area (Å²) in [6.45, 7) is 0. The fourth-order valence-electron chi connectivity index (χ4n) is 3.66. The number of nitrogens with one attached hydrogen (secondary N) is 2. The number of aryl methyl sites for hydroxylation is 3. The van der Waals surface area contributed by atoms with Crippen LogP contribution in [0.4, 0.5) is 0 Å². The second-order valence-electron chi connectivity index (χ2n) is 7.00. The Labute approximate surface area is 152 Å².